The second-order valence-electron chi connectivity index (χ2n) is 13.8. The van der Waals surface area contributed by atoms with Crippen molar-refractivity contribution in [1.82, 2.24) is 20.6 Å². The summed E-state index contributed by atoms with van der Waals surface area (Å²) in [6.07, 6.45) is -2.89. The first-order chi connectivity index (χ1) is 26.8. The molecular formula is C39H34BrCl2F6N5O4. The molecule has 57 heavy (non-hydrogen) atoms. The molecule has 0 unspecified atom stereocenters. The fraction of sp³-hybridized carbons (Fsp3) is 0.359. The number of hydrogen-bond acceptors (Lipinski definition) is 7. The van der Waals surface area contributed by atoms with Crippen molar-refractivity contribution >= 4 is 50.9 Å². The summed E-state index contributed by atoms with van der Waals surface area (Å²) in [4.78, 5) is 33.0. The van der Waals surface area contributed by atoms with Gasteiger partial charge in [-0.2, -0.15) is 31.6 Å². The quantitative estimate of drug-likeness (QED) is 0.129. The van der Waals surface area contributed by atoms with Gasteiger partial charge in [-0.05, 0) is 73.2 Å². The van der Waals surface area contributed by atoms with E-state index in [1.165, 1.54) is 6.07 Å². The maximum atomic E-state index is 13.1. The third kappa shape index (κ3) is 10.2. The fourth-order valence-corrected chi connectivity index (χ4v) is 8.15. The molecule has 2 atom stereocenters. The Morgan fingerprint density at radius 3 is 1.51 bits per heavy atom. The summed E-state index contributed by atoms with van der Waals surface area (Å²) in [5.41, 5.74) is -4.46. The number of hydrogen-bond donors (Lipinski definition) is 4. The average molecular weight is 902 g/mol. The van der Waals surface area contributed by atoms with Crippen LogP contribution in [0.3, 0.4) is 0 Å². The number of aliphatic hydroxyl groups is 2. The smallest absolute Gasteiger partial charge is 0.387 e. The van der Waals surface area contributed by atoms with Gasteiger partial charge in [-0.3, -0.25) is 9.59 Å². The Labute approximate surface area is 341 Å². The van der Waals surface area contributed by atoms with E-state index in [1.54, 1.807) is 42.5 Å². The van der Waals surface area contributed by atoms with Gasteiger partial charge in [0, 0.05) is 16.9 Å². The van der Waals surface area contributed by atoms with Crippen molar-refractivity contribution in [3.63, 3.8) is 0 Å². The first kappa shape index (κ1) is 43.8. The zero-order chi connectivity index (χ0) is 41.8. The molecule has 4 N–H and O–H groups in total. The Morgan fingerprint density at radius 2 is 1.12 bits per heavy atom. The number of nitrogens with one attached hydrogen (secondary N) is 2. The molecule has 6 rings (SSSR count). The Bertz CT molecular complexity index is 2150. The van der Waals surface area contributed by atoms with Crippen LogP contribution in [0.15, 0.2) is 77.5 Å². The van der Waals surface area contributed by atoms with Gasteiger partial charge in [0.1, 0.15) is 11.4 Å². The predicted octanol–water partition coefficient (Wildman–Crippen LogP) is 9.69. The van der Waals surface area contributed by atoms with Crippen molar-refractivity contribution in [3.8, 4) is 6.07 Å². The molecule has 0 aliphatic heterocycles. The second-order valence-corrected chi connectivity index (χ2v) is 15.4. The highest BCUT2D eigenvalue weighted by atomic mass is 79.9. The van der Waals surface area contributed by atoms with Gasteiger partial charge in [0.15, 0.2) is 0 Å². The molecule has 2 saturated carbocycles. The standard InChI is InChI=1S/C20H17ClF3N3O2.C19H17BrClF3N2O2/c21-15-14(20(22,23)24)6-9-26-16(15)18(28)27-17(19(29)7-1-2-8-19)13-5-3-4-12(10-13)11-25;20-12-5-3-4-11(10-12)16(18(28)7-1-2-8-18)26-17(27)15-14(21)13(6-9-25-15)19(22,23)24/h3-6,9-10,17,29H,1-2,7-8H2,(H,27,28);3-6,9-10,16,28H,1-2,7-8H2,(H,26,27)/t17-;16-/m00/s1. The molecule has 2 aromatic heterocycles. The van der Waals surface area contributed by atoms with Crippen molar-refractivity contribution in [2.75, 3.05) is 0 Å². The molecule has 2 fully saturated rings. The molecular weight excluding hydrogens is 867 g/mol. The first-order valence-electron chi connectivity index (χ1n) is 17.5. The molecule has 0 bridgehead atoms. The number of amides is 2. The van der Waals surface area contributed by atoms with Gasteiger partial charge in [0.25, 0.3) is 11.8 Å². The zero-order valence-corrected chi connectivity index (χ0v) is 32.8. The Morgan fingerprint density at radius 1 is 0.719 bits per heavy atom. The normalized spacial score (nSPS) is 17.1. The molecule has 2 aliphatic rings. The van der Waals surface area contributed by atoms with E-state index in [2.05, 4.69) is 36.5 Å². The summed E-state index contributed by atoms with van der Waals surface area (Å²) in [7, 11) is 0. The molecule has 302 valence electrons. The SMILES string of the molecule is N#Cc1cccc([C@H](NC(=O)c2nccc(C(F)(F)F)c2Cl)C2(O)CCCC2)c1.O=C(N[C@@H](c1cccc(Br)c1)C1(O)CCCC1)c1nccc(C(F)(F)F)c1Cl. The van der Waals surface area contributed by atoms with Crippen LogP contribution in [0.2, 0.25) is 10.0 Å². The molecule has 2 aliphatic carbocycles. The molecule has 0 radical (unpaired) electrons. The Kier molecular flexibility index (Phi) is 13.6. The number of rotatable bonds is 8. The van der Waals surface area contributed by atoms with E-state index in [0.29, 0.717) is 48.4 Å². The molecule has 0 saturated heterocycles. The van der Waals surface area contributed by atoms with Crippen LogP contribution < -0.4 is 10.6 Å². The van der Waals surface area contributed by atoms with Gasteiger partial charge < -0.3 is 20.8 Å². The van der Waals surface area contributed by atoms with Crippen molar-refractivity contribution < 1.29 is 46.1 Å². The maximum Gasteiger partial charge on any atom is 0.417 e. The van der Waals surface area contributed by atoms with Crippen LogP contribution >= 0.6 is 39.1 Å². The van der Waals surface area contributed by atoms with Gasteiger partial charge in [0.2, 0.25) is 0 Å². The lowest BCUT2D eigenvalue weighted by Crippen LogP contribution is -2.44. The molecule has 2 amide bonds. The summed E-state index contributed by atoms with van der Waals surface area (Å²) >= 11 is 15.0. The Hall–Kier alpha value is -4.27. The predicted molar refractivity (Wildman–Crippen MR) is 201 cm³/mol. The number of alkyl halides is 6. The zero-order valence-electron chi connectivity index (χ0n) is 29.7. The number of carbonyl (C=O) groups excluding carboxylic acids is 2. The van der Waals surface area contributed by atoms with Gasteiger partial charge in [-0.25, -0.2) is 9.97 Å². The minimum absolute atomic E-state index is 0.332. The van der Waals surface area contributed by atoms with Gasteiger partial charge in [-0.15, -0.1) is 0 Å². The van der Waals surface area contributed by atoms with E-state index < -0.39 is 80.0 Å². The van der Waals surface area contributed by atoms with Crippen molar-refractivity contribution in [1.29, 1.82) is 5.26 Å². The molecule has 18 heteroatoms. The second kappa shape index (κ2) is 17.7. The minimum Gasteiger partial charge on any atom is -0.387 e. The molecule has 9 nitrogen and oxygen atoms in total. The van der Waals surface area contributed by atoms with Gasteiger partial charge >= 0.3 is 12.4 Å². The van der Waals surface area contributed by atoms with Crippen molar-refractivity contribution in [2.45, 2.75) is 87.0 Å². The van der Waals surface area contributed by atoms with E-state index in [9.17, 15) is 46.1 Å². The van der Waals surface area contributed by atoms with Crippen LogP contribution in [0.4, 0.5) is 26.3 Å². The molecule has 4 aromatic rings. The van der Waals surface area contributed by atoms with Crippen LogP contribution in [-0.2, 0) is 12.4 Å². The minimum atomic E-state index is -4.74. The van der Waals surface area contributed by atoms with E-state index in [4.69, 9.17) is 28.5 Å². The lowest BCUT2D eigenvalue weighted by Gasteiger charge is -2.34. The summed E-state index contributed by atoms with van der Waals surface area (Å²) in [5, 5.41) is 35.0. The van der Waals surface area contributed by atoms with E-state index in [0.717, 1.165) is 48.6 Å². The molecule has 2 heterocycles. The van der Waals surface area contributed by atoms with Gasteiger partial charge in [0.05, 0.1) is 56.1 Å². The fourth-order valence-electron chi connectivity index (χ4n) is 7.12. The third-order valence-corrected chi connectivity index (χ3v) is 11.2. The topological polar surface area (TPSA) is 148 Å². The lowest BCUT2D eigenvalue weighted by atomic mass is 9.86. The molecule has 0 spiro atoms. The monoisotopic (exact) mass is 899 g/mol. The number of halogens is 9. The third-order valence-electron chi connectivity index (χ3n) is 9.91. The van der Waals surface area contributed by atoms with Crippen LogP contribution in [0.1, 0.15) is 112 Å². The highest BCUT2D eigenvalue weighted by molar-refractivity contribution is 9.10. The number of carbonyl (C=O) groups is 2. The van der Waals surface area contributed by atoms with Crippen LogP contribution in [-0.4, -0.2) is 43.2 Å². The lowest BCUT2D eigenvalue weighted by molar-refractivity contribution is -0.138. The van der Waals surface area contributed by atoms with Gasteiger partial charge in [-0.1, -0.05) is 89.1 Å². The number of nitrogens with zero attached hydrogens (tertiary/aromatic N) is 3. The van der Waals surface area contributed by atoms with E-state index in [-0.39, 0.29) is 0 Å². The van der Waals surface area contributed by atoms with E-state index in [1.807, 2.05) is 6.07 Å². The molecule has 2 aromatic carbocycles. The van der Waals surface area contributed by atoms with E-state index >= 15 is 0 Å². The summed E-state index contributed by atoms with van der Waals surface area (Å²) in [5.74, 6) is -1.81. The first-order valence-corrected chi connectivity index (χ1v) is 19.1. The Balaban J connectivity index is 0.000000218. The number of aromatic nitrogens is 2. The van der Waals surface area contributed by atoms with Crippen LogP contribution in [0.25, 0.3) is 0 Å². The van der Waals surface area contributed by atoms with Crippen LogP contribution in [0, 0.1) is 11.3 Å². The average Bonchev–Trinajstić information content (AvgIpc) is 3.81. The van der Waals surface area contributed by atoms with Crippen LogP contribution in [0.5, 0.6) is 0 Å². The summed E-state index contributed by atoms with van der Waals surface area (Å²) in [6.45, 7) is 0. The number of nitriles is 1. The maximum absolute atomic E-state index is 13.1. The van der Waals surface area contributed by atoms with Crippen molar-refractivity contribution in [3.05, 3.63) is 127 Å². The number of pyridine rings is 2. The number of benzene rings is 2. The summed E-state index contributed by atoms with van der Waals surface area (Å²) < 4.78 is 79.3. The summed E-state index contributed by atoms with van der Waals surface area (Å²) in [6, 6.07) is 15.1. The highest BCUT2D eigenvalue weighted by Gasteiger charge is 2.44. The largest absolute Gasteiger partial charge is 0.417 e. The highest BCUT2D eigenvalue weighted by Crippen LogP contribution is 2.43. The van der Waals surface area contributed by atoms with Crippen molar-refractivity contribution in [2.24, 2.45) is 0 Å².